The zero-order chi connectivity index (χ0) is 12.7. The molecule has 0 spiro atoms. The molecule has 0 amide bonds. The SMILES string of the molecule is Cc1ccc(F)c(-c2nc3ccccc3[nH]2)c1Cl. The van der Waals surface area contributed by atoms with Crippen LogP contribution >= 0.6 is 11.6 Å². The highest BCUT2D eigenvalue weighted by atomic mass is 35.5. The molecule has 90 valence electrons. The van der Waals surface area contributed by atoms with Gasteiger partial charge < -0.3 is 4.98 Å². The number of rotatable bonds is 1. The quantitative estimate of drug-likeness (QED) is 0.693. The molecule has 0 radical (unpaired) electrons. The maximum Gasteiger partial charge on any atom is 0.142 e. The molecule has 0 aliphatic rings. The fourth-order valence-electron chi connectivity index (χ4n) is 1.94. The fourth-order valence-corrected chi connectivity index (χ4v) is 2.19. The van der Waals surface area contributed by atoms with E-state index in [1.54, 1.807) is 6.07 Å². The van der Waals surface area contributed by atoms with E-state index in [0.29, 0.717) is 16.4 Å². The van der Waals surface area contributed by atoms with E-state index < -0.39 is 0 Å². The van der Waals surface area contributed by atoms with Crippen molar-refractivity contribution in [1.29, 1.82) is 0 Å². The van der Waals surface area contributed by atoms with Crippen LogP contribution in [-0.4, -0.2) is 9.97 Å². The third-order valence-corrected chi connectivity index (χ3v) is 3.40. The Morgan fingerprint density at radius 3 is 2.72 bits per heavy atom. The zero-order valence-electron chi connectivity index (χ0n) is 9.67. The first-order valence-corrected chi connectivity index (χ1v) is 5.94. The van der Waals surface area contributed by atoms with Gasteiger partial charge >= 0.3 is 0 Å². The van der Waals surface area contributed by atoms with Crippen molar-refractivity contribution < 1.29 is 4.39 Å². The molecule has 1 N–H and O–H groups in total. The third-order valence-electron chi connectivity index (χ3n) is 2.91. The van der Waals surface area contributed by atoms with Gasteiger partial charge in [-0.3, -0.25) is 0 Å². The molecule has 2 aromatic carbocycles. The summed E-state index contributed by atoms with van der Waals surface area (Å²) in [5.74, 6) is 0.0899. The van der Waals surface area contributed by atoms with Crippen LogP contribution in [0.2, 0.25) is 5.02 Å². The van der Waals surface area contributed by atoms with Crippen molar-refractivity contribution in [2.75, 3.05) is 0 Å². The predicted molar refractivity (Wildman–Crippen MR) is 71.2 cm³/mol. The Labute approximate surface area is 108 Å². The Morgan fingerprint density at radius 1 is 1.17 bits per heavy atom. The highest BCUT2D eigenvalue weighted by molar-refractivity contribution is 6.34. The molecule has 1 aromatic heterocycles. The van der Waals surface area contributed by atoms with Crippen molar-refractivity contribution >= 4 is 22.6 Å². The number of para-hydroxylation sites is 2. The molecule has 0 bridgehead atoms. The predicted octanol–water partition coefficient (Wildman–Crippen LogP) is 4.33. The van der Waals surface area contributed by atoms with Gasteiger partial charge in [-0.1, -0.05) is 29.8 Å². The molecule has 2 nitrogen and oxygen atoms in total. The Kier molecular flexibility index (Phi) is 2.56. The van der Waals surface area contributed by atoms with Crippen molar-refractivity contribution in [2.24, 2.45) is 0 Å². The van der Waals surface area contributed by atoms with E-state index in [1.165, 1.54) is 6.07 Å². The van der Waals surface area contributed by atoms with Gasteiger partial charge in [-0.05, 0) is 30.7 Å². The highest BCUT2D eigenvalue weighted by Crippen LogP contribution is 2.32. The minimum absolute atomic E-state index is 0.327. The second kappa shape index (κ2) is 4.10. The lowest BCUT2D eigenvalue weighted by molar-refractivity contribution is 0.630. The van der Waals surface area contributed by atoms with E-state index in [0.717, 1.165) is 16.6 Å². The smallest absolute Gasteiger partial charge is 0.142 e. The van der Waals surface area contributed by atoms with Crippen LogP contribution in [0.25, 0.3) is 22.4 Å². The molecule has 0 aliphatic carbocycles. The maximum absolute atomic E-state index is 13.9. The minimum atomic E-state index is -0.371. The van der Waals surface area contributed by atoms with Crippen LogP contribution in [-0.2, 0) is 0 Å². The zero-order valence-corrected chi connectivity index (χ0v) is 10.4. The number of aromatic nitrogens is 2. The molecular formula is C14H10ClFN2. The summed E-state index contributed by atoms with van der Waals surface area (Å²) in [6.07, 6.45) is 0. The lowest BCUT2D eigenvalue weighted by atomic mass is 10.1. The van der Waals surface area contributed by atoms with Crippen LogP contribution in [0.1, 0.15) is 5.56 Å². The molecule has 3 rings (SSSR count). The summed E-state index contributed by atoms with van der Waals surface area (Å²) in [5.41, 5.74) is 2.82. The number of halogens is 2. The largest absolute Gasteiger partial charge is 0.338 e. The second-order valence-electron chi connectivity index (χ2n) is 4.16. The summed E-state index contributed by atoms with van der Waals surface area (Å²) in [6.45, 7) is 1.84. The molecular weight excluding hydrogens is 251 g/mol. The van der Waals surface area contributed by atoms with Crippen LogP contribution in [0.15, 0.2) is 36.4 Å². The van der Waals surface area contributed by atoms with E-state index in [1.807, 2.05) is 31.2 Å². The lowest BCUT2D eigenvalue weighted by Crippen LogP contribution is -1.90. The monoisotopic (exact) mass is 260 g/mol. The molecule has 0 atom stereocenters. The summed E-state index contributed by atoms with van der Waals surface area (Å²) < 4.78 is 13.9. The van der Waals surface area contributed by atoms with Crippen LogP contribution in [0.4, 0.5) is 4.39 Å². The Balaban J connectivity index is 2.29. The number of benzene rings is 2. The number of fused-ring (bicyclic) bond motifs is 1. The molecule has 0 fully saturated rings. The van der Waals surface area contributed by atoms with Gasteiger partial charge in [-0.15, -0.1) is 0 Å². The van der Waals surface area contributed by atoms with Crippen LogP contribution in [0.5, 0.6) is 0 Å². The van der Waals surface area contributed by atoms with E-state index >= 15 is 0 Å². The topological polar surface area (TPSA) is 28.7 Å². The Morgan fingerprint density at radius 2 is 1.94 bits per heavy atom. The van der Waals surface area contributed by atoms with Crippen molar-refractivity contribution in [1.82, 2.24) is 9.97 Å². The standard InChI is InChI=1S/C14H10ClFN2/c1-8-6-7-9(16)12(13(8)15)14-17-10-4-2-3-5-11(10)18-14/h2-7H,1H3,(H,17,18). The number of hydrogen-bond acceptors (Lipinski definition) is 1. The average Bonchev–Trinajstić information content (AvgIpc) is 2.77. The first-order valence-electron chi connectivity index (χ1n) is 5.56. The summed E-state index contributed by atoms with van der Waals surface area (Å²) in [5, 5.41) is 0.397. The van der Waals surface area contributed by atoms with E-state index in [2.05, 4.69) is 9.97 Å². The summed E-state index contributed by atoms with van der Waals surface area (Å²) in [7, 11) is 0. The Hall–Kier alpha value is -1.87. The number of aryl methyl sites for hydroxylation is 1. The molecule has 3 aromatic rings. The Bertz CT molecular complexity index is 701. The van der Waals surface area contributed by atoms with Gasteiger partial charge in [0, 0.05) is 0 Å². The van der Waals surface area contributed by atoms with Gasteiger partial charge in [0.25, 0.3) is 0 Å². The number of nitrogens with one attached hydrogen (secondary N) is 1. The molecule has 18 heavy (non-hydrogen) atoms. The molecule has 0 saturated carbocycles. The first-order chi connectivity index (χ1) is 8.66. The van der Waals surface area contributed by atoms with E-state index in [9.17, 15) is 4.39 Å². The van der Waals surface area contributed by atoms with Gasteiger partial charge in [-0.2, -0.15) is 0 Å². The molecule has 1 heterocycles. The summed E-state index contributed by atoms with van der Waals surface area (Å²) >= 11 is 6.16. The van der Waals surface area contributed by atoms with Gasteiger partial charge in [0.05, 0.1) is 21.6 Å². The number of nitrogens with zero attached hydrogens (tertiary/aromatic N) is 1. The van der Waals surface area contributed by atoms with E-state index in [-0.39, 0.29) is 5.82 Å². The van der Waals surface area contributed by atoms with Gasteiger partial charge in [0.15, 0.2) is 0 Å². The van der Waals surface area contributed by atoms with Gasteiger partial charge in [-0.25, -0.2) is 9.37 Å². The van der Waals surface area contributed by atoms with Crippen LogP contribution in [0.3, 0.4) is 0 Å². The van der Waals surface area contributed by atoms with Crippen molar-refractivity contribution in [2.45, 2.75) is 6.92 Å². The van der Waals surface area contributed by atoms with Crippen molar-refractivity contribution in [3.8, 4) is 11.4 Å². The van der Waals surface area contributed by atoms with Crippen molar-refractivity contribution in [3.63, 3.8) is 0 Å². The number of H-pyrrole nitrogens is 1. The van der Waals surface area contributed by atoms with E-state index in [4.69, 9.17) is 11.6 Å². The third kappa shape index (κ3) is 1.68. The minimum Gasteiger partial charge on any atom is -0.338 e. The average molecular weight is 261 g/mol. The van der Waals surface area contributed by atoms with Gasteiger partial charge in [0.2, 0.25) is 0 Å². The lowest BCUT2D eigenvalue weighted by Gasteiger charge is -2.05. The normalized spacial score (nSPS) is 11.1. The molecule has 0 aliphatic heterocycles. The highest BCUT2D eigenvalue weighted by Gasteiger charge is 2.15. The maximum atomic E-state index is 13.9. The molecule has 4 heteroatoms. The van der Waals surface area contributed by atoms with Crippen molar-refractivity contribution in [3.05, 3.63) is 52.8 Å². The fraction of sp³-hybridized carbons (Fsp3) is 0.0714. The summed E-state index contributed by atoms with van der Waals surface area (Å²) in [6, 6.07) is 10.6. The van der Waals surface area contributed by atoms with Gasteiger partial charge in [0.1, 0.15) is 11.6 Å². The number of aromatic amines is 1. The molecule has 0 saturated heterocycles. The molecule has 0 unspecified atom stereocenters. The number of imidazole rings is 1. The summed E-state index contributed by atoms with van der Waals surface area (Å²) in [4.78, 5) is 7.45. The first kappa shape index (κ1) is 11.2. The number of hydrogen-bond donors (Lipinski definition) is 1. The second-order valence-corrected chi connectivity index (χ2v) is 4.53. The van der Waals surface area contributed by atoms with Crippen LogP contribution < -0.4 is 0 Å². The van der Waals surface area contributed by atoms with Crippen LogP contribution in [0, 0.1) is 12.7 Å².